The summed E-state index contributed by atoms with van der Waals surface area (Å²) in [5, 5.41) is 0. The number of carbonyl (C=O) groups excluding carboxylic acids is 1. The first kappa shape index (κ1) is 23.5. The summed E-state index contributed by atoms with van der Waals surface area (Å²) in [6.45, 7) is -3.27. The van der Waals surface area contributed by atoms with E-state index in [9.17, 15) is 22.0 Å². The van der Waals surface area contributed by atoms with Gasteiger partial charge in [-0.1, -0.05) is 30.3 Å². The molecule has 3 aromatic carbocycles. The summed E-state index contributed by atoms with van der Waals surface area (Å²) in [4.78, 5) is 12.5. The molecule has 0 saturated carbocycles. The van der Waals surface area contributed by atoms with Crippen LogP contribution in [0.1, 0.15) is 33.2 Å². The number of carbonyl (C=O) groups is 1. The molecule has 7 nitrogen and oxygen atoms in total. The molecule has 4 rings (SSSR count). The Morgan fingerprint density at radius 3 is 2.32 bits per heavy atom. The molecule has 178 valence electrons. The van der Waals surface area contributed by atoms with Crippen LogP contribution in [0.25, 0.3) is 0 Å². The number of hydrogen-bond acceptors (Lipinski definition) is 7. The highest BCUT2D eigenvalue weighted by Gasteiger charge is 2.36. The molecule has 0 N–H and O–H groups in total. The van der Waals surface area contributed by atoms with E-state index in [4.69, 9.17) is 18.9 Å². The molecule has 34 heavy (non-hydrogen) atoms. The molecule has 0 radical (unpaired) electrons. The maximum absolute atomic E-state index is 13.3. The Kier molecular flexibility index (Phi) is 6.43. The predicted molar refractivity (Wildman–Crippen MR) is 117 cm³/mol. The zero-order valence-corrected chi connectivity index (χ0v) is 19.0. The molecule has 0 amide bonds. The van der Waals surface area contributed by atoms with Crippen molar-refractivity contribution in [3.05, 3.63) is 82.9 Å². The fourth-order valence-electron chi connectivity index (χ4n) is 3.64. The van der Waals surface area contributed by atoms with Gasteiger partial charge in [0.15, 0.2) is 27.4 Å². The van der Waals surface area contributed by atoms with E-state index in [1.165, 1.54) is 25.3 Å². The van der Waals surface area contributed by atoms with Crippen molar-refractivity contribution < 1.29 is 40.9 Å². The summed E-state index contributed by atoms with van der Waals surface area (Å²) in [5.41, 5.74) is 1.79. The zero-order chi connectivity index (χ0) is 24.5. The lowest BCUT2D eigenvalue weighted by Crippen LogP contribution is -2.10. The first-order chi connectivity index (χ1) is 16.2. The van der Waals surface area contributed by atoms with Crippen LogP contribution in [-0.2, 0) is 21.2 Å². The molecular weight excluding hydrogens is 470 g/mol. The molecule has 1 atom stereocenters. The van der Waals surface area contributed by atoms with E-state index >= 15 is 0 Å². The number of cyclic esters (lactones) is 1. The number of fused-ring (bicyclic) bond motifs is 1. The van der Waals surface area contributed by atoms with E-state index in [-0.39, 0.29) is 28.8 Å². The molecular formula is C24H20F2O7S. The van der Waals surface area contributed by atoms with Gasteiger partial charge in [0.05, 0.1) is 17.6 Å². The molecule has 1 aliphatic heterocycles. The van der Waals surface area contributed by atoms with E-state index in [2.05, 4.69) is 0 Å². The number of hydrogen-bond donors (Lipinski definition) is 0. The lowest BCUT2D eigenvalue weighted by atomic mass is 9.98. The van der Waals surface area contributed by atoms with Crippen molar-refractivity contribution in [3.8, 4) is 17.2 Å². The number of benzene rings is 3. The molecule has 0 aromatic heterocycles. The summed E-state index contributed by atoms with van der Waals surface area (Å²) in [6.07, 6.45) is 0.188. The average Bonchev–Trinajstić information content (AvgIpc) is 3.14. The second kappa shape index (κ2) is 9.30. The van der Waals surface area contributed by atoms with Gasteiger partial charge in [0.25, 0.3) is 0 Å². The van der Waals surface area contributed by atoms with Gasteiger partial charge in [-0.15, -0.1) is 0 Å². The van der Waals surface area contributed by atoms with Crippen molar-refractivity contribution in [1.29, 1.82) is 0 Å². The normalized spacial score (nSPS) is 15.1. The minimum atomic E-state index is -3.38. The van der Waals surface area contributed by atoms with Gasteiger partial charge in [0.2, 0.25) is 5.75 Å². The third-order valence-corrected chi connectivity index (χ3v) is 6.37. The smallest absolute Gasteiger partial charge is 0.387 e. The summed E-state index contributed by atoms with van der Waals surface area (Å²) in [7, 11) is -2.08. The summed E-state index contributed by atoms with van der Waals surface area (Å²) in [5.74, 6) is -0.969. The van der Waals surface area contributed by atoms with Crippen molar-refractivity contribution in [2.45, 2.75) is 24.2 Å². The van der Waals surface area contributed by atoms with Gasteiger partial charge < -0.3 is 18.9 Å². The van der Waals surface area contributed by atoms with Gasteiger partial charge >= 0.3 is 12.6 Å². The number of sulfone groups is 1. The van der Waals surface area contributed by atoms with Gasteiger partial charge in [-0.05, 0) is 35.9 Å². The minimum absolute atomic E-state index is 0.00378. The van der Waals surface area contributed by atoms with Crippen LogP contribution in [0.4, 0.5) is 8.78 Å². The molecule has 0 aliphatic carbocycles. The highest BCUT2D eigenvalue weighted by molar-refractivity contribution is 7.90. The molecule has 1 heterocycles. The maximum Gasteiger partial charge on any atom is 0.387 e. The SMILES string of the molecule is COc1ccc(C2OC(=O)c3ccccc32)c(OCc2ccc(S(C)(=O)=O)cc2)c1OC(F)F. The number of alkyl halides is 2. The molecule has 0 bridgehead atoms. The number of methoxy groups -OCH3 is 1. The van der Waals surface area contributed by atoms with Gasteiger partial charge in [-0.3, -0.25) is 0 Å². The van der Waals surface area contributed by atoms with Crippen LogP contribution < -0.4 is 14.2 Å². The Morgan fingerprint density at radius 1 is 0.971 bits per heavy atom. The fourth-order valence-corrected chi connectivity index (χ4v) is 4.27. The van der Waals surface area contributed by atoms with Crippen LogP contribution in [-0.4, -0.2) is 34.4 Å². The quantitative estimate of drug-likeness (QED) is 0.429. The topological polar surface area (TPSA) is 88.1 Å². The standard InChI is InChI=1S/C24H20F2O7S/c1-30-19-12-11-18(20-16-5-3-4-6-17(16)23(27)32-20)21(22(19)33-24(25)26)31-13-14-7-9-15(10-8-14)34(2,28)29/h3-12,20,24H,13H2,1-2H3. The molecule has 0 saturated heterocycles. The molecule has 10 heteroatoms. The van der Waals surface area contributed by atoms with E-state index < -0.39 is 28.5 Å². The first-order valence-corrected chi connectivity index (χ1v) is 12.0. The Labute approximate surface area is 194 Å². The van der Waals surface area contributed by atoms with Crippen LogP contribution in [0.2, 0.25) is 0 Å². The highest BCUT2D eigenvalue weighted by Crippen LogP contribution is 2.48. The van der Waals surface area contributed by atoms with Gasteiger partial charge in [-0.25, -0.2) is 13.2 Å². The molecule has 0 fully saturated rings. The van der Waals surface area contributed by atoms with E-state index in [0.717, 1.165) is 6.26 Å². The van der Waals surface area contributed by atoms with Crippen molar-refractivity contribution >= 4 is 15.8 Å². The summed E-state index contributed by atoms with van der Waals surface area (Å²) >= 11 is 0. The minimum Gasteiger partial charge on any atom is -0.493 e. The summed E-state index contributed by atoms with van der Waals surface area (Å²) in [6, 6.07) is 15.7. The number of halogens is 2. The van der Waals surface area contributed by atoms with E-state index in [1.807, 2.05) is 0 Å². The third-order valence-electron chi connectivity index (χ3n) is 5.24. The summed E-state index contributed by atoms with van der Waals surface area (Å²) < 4.78 is 71.3. The lowest BCUT2D eigenvalue weighted by Gasteiger charge is -2.21. The Bertz CT molecular complexity index is 1320. The fraction of sp³-hybridized carbons (Fsp3) is 0.208. The van der Waals surface area contributed by atoms with Gasteiger partial charge in [0, 0.05) is 17.4 Å². The molecule has 0 spiro atoms. The predicted octanol–water partition coefficient (Wildman–Crippen LogP) is 4.54. The van der Waals surface area contributed by atoms with Gasteiger partial charge in [-0.2, -0.15) is 8.78 Å². The average molecular weight is 490 g/mol. The van der Waals surface area contributed by atoms with E-state index in [0.29, 0.717) is 22.3 Å². The Hall–Kier alpha value is -3.66. The maximum atomic E-state index is 13.3. The monoisotopic (exact) mass is 490 g/mol. The van der Waals surface area contributed by atoms with Crippen molar-refractivity contribution in [1.82, 2.24) is 0 Å². The van der Waals surface area contributed by atoms with E-state index in [1.54, 1.807) is 42.5 Å². The number of ether oxygens (including phenoxy) is 4. The van der Waals surface area contributed by atoms with Crippen molar-refractivity contribution in [2.75, 3.05) is 13.4 Å². The van der Waals surface area contributed by atoms with Gasteiger partial charge in [0.1, 0.15) is 6.61 Å². The first-order valence-electron chi connectivity index (χ1n) is 10.1. The van der Waals surface area contributed by atoms with Crippen molar-refractivity contribution in [3.63, 3.8) is 0 Å². The third kappa shape index (κ3) is 4.67. The number of esters is 1. The second-order valence-electron chi connectivity index (χ2n) is 7.47. The largest absolute Gasteiger partial charge is 0.493 e. The Balaban J connectivity index is 1.75. The molecule has 3 aromatic rings. The highest BCUT2D eigenvalue weighted by atomic mass is 32.2. The van der Waals surface area contributed by atoms with Crippen LogP contribution >= 0.6 is 0 Å². The van der Waals surface area contributed by atoms with Crippen LogP contribution in [0.3, 0.4) is 0 Å². The number of rotatable bonds is 8. The molecule has 1 unspecified atom stereocenters. The van der Waals surface area contributed by atoms with Crippen LogP contribution in [0.5, 0.6) is 17.2 Å². The van der Waals surface area contributed by atoms with Crippen LogP contribution in [0.15, 0.2) is 65.6 Å². The van der Waals surface area contributed by atoms with Crippen molar-refractivity contribution in [2.24, 2.45) is 0 Å². The lowest BCUT2D eigenvalue weighted by molar-refractivity contribution is -0.0532. The zero-order valence-electron chi connectivity index (χ0n) is 18.2. The molecule has 1 aliphatic rings. The second-order valence-corrected chi connectivity index (χ2v) is 9.49. The Morgan fingerprint density at radius 2 is 1.68 bits per heavy atom. The van der Waals surface area contributed by atoms with Crippen LogP contribution in [0, 0.1) is 0 Å².